The van der Waals surface area contributed by atoms with Gasteiger partial charge in [0.1, 0.15) is 12.4 Å². The molecule has 1 aliphatic carbocycles. The lowest BCUT2D eigenvalue weighted by molar-refractivity contribution is -0.120. The van der Waals surface area contributed by atoms with Crippen molar-refractivity contribution in [2.75, 3.05) is 18.5 Å². The number of ether oxygens (including phenoxy) is 1. The molecule has 4 heteroatoms. The van der Waals surface area contributed by atoms with Gasteiger partial charge in [-0.25, -0.2) is 0 Å². The highest BCUT2D eigenvalue weighted by Crippen LogP contribution is 2.29. The van der Waals surface area contributed by atoms with E-state index in [1.807, 2.05) is 31.2 Å². The van der Waals surface area contributed by atoms with Crippen LogP contribution in [0.25, 0.3) is 0 Å². The summed E-state index contributed by atoms with van der Waals surface area (Å²) in [4.78, 5) is 12.3. The summed E-state index contributed by atoms with van der Waals surface area (Å²) in [7, 11) is 0. The summed E-state index contributed by atoms with van der Waals surface area (Å²) >= 11 is 0. The van der Waals surface area contributed by atoms with Crippen LogP contribution in [0.5, 0.6) is 5.75 Å². The quantitative estimate of drug-likeness (QED) is 0.809. The number of nitrogens with one attached hydrogen (secondary N) is 1. The summed E-state index contributed by atoms with van der Waals surface area (Å²) in [6, 6.07) is 7.46. The molecule has 1 unspecified atom stereocenters. The van der Waals surface area contributed by atoms with Gasteiger partial charge in [-0.3, -0.25) is 4.79 Å². The van der Waals surface area contributed by atoms with Gasteiger partial charge in [0.25, 0.3) is 0 Å². The van der Waals surface area contributed by atoms with Crippen LogP contribution in [0.2, 0.25) is 0 Å². The number of nitrogens with two attached hydrogens (primary N) is 1. The molecule has 4 nitrogen and oxygen atoms in total. The molecule has 0 saturated heterocycles. The van der Waals surface area contributed by atoms with E-state index in [9.17, 15) is 4.79 Å². The van der Waals surface area contributed by atoms with Gasteiger partial charge in [-0.1, -0.05) is 39.0 Å². The third-order valence-corrected chi connectivity index (χ3v) is 4.37. The molecule has 122 valence electrons. The molecule has 1 amide bonds. The highest BCUT2D eigenvalue weighted by Gasteiger charge is 2.20. The number of amides is 1. The second-order valence-electron chi connectivity index (χ2n) is 6.29. The summed E-state index contributed by atoms with van der Waals surface area (Å²) in [5.74, 6) is 1.68. The maximum atomic E-state index is 12.3. The van der Waals surface area contributed by atoms with Crippen LogP contribution in [0.3, 0.4) is 0 Å². The zero-order valence-corrected chi connectivity index (χ0v) is 13.5. The lowest BCUT2D eigenvalue weighted by Crippen LogP contribution is -2.23. The highest BCUT2D eigenvalue weighted by atomic mass is 16.5. The van der Waals surface area contributed by atoms with Gasteiger partial charge in [0.15, 0.2) is 0 Å². The molecule has 0 aliphatic heterocycles. The molecule has 0 radical (unpaired) electrons. The minimum Gasteiger partial charge on any atom is -0.492 e. The van der Waals surface area contributed by atoms with Crippen molar-refractivity contribution in [2.45, 2.75) is 45.4 Å². The Hall–Kier alpha value is -1.55. The molecule has 1 aromatic carbocycles. The second-order valence-corrected chi connectivity index (χ2v) is 6.29. The van der Waals surface area contributed by atoms with Crippen LogP contribution in [0.1, 0.15) is 45.4 Å². The number of hydrogen-bond acceptors (Lipinski definition) is 3. The Labute approximate surface area is 133 Å². The van der Waals surface area contributed by atoms with Gasteiger partial charge in [-0.2, -0.15) is 0 Å². The first-order chi connectivity index (χ1) is 10.7. The predicted molar refractivity (Wildman–Crippen MR) is 90.0 cm³/mol. The van der Waals surface area contributed by atoms with Gasteiger partial charge in [0.05, 0.1) is 0 Å². The fraction of sp³-hybridized carbons (Fsp3) is 0.611. The fourth-order valence-electron chi connectivity index (χ4n) is 3.11. The molecule has 0 spiro atoms. The van der Waals surface area contributed by atoms with E-state index in [1.54, 1.807) is 0 Å². The Morgan fingerprint density at radius 2 is 1.95 bits per heavy atom. The predicted octanol–water partition coefficient (Wildman–Crippen LogP) is 3.57. The summed E-state index contributed by atoms with van der Waals surface area (Å²) in [6.45, 7) is 3.03. The molecule has 1 fully saturated rings. The van der Waals surface area contributed by atoms with Crippen LogP contribution in [0, 0.1) is 11.8 Å². The molecule has 1 aliphatic rings. The first-order valence-corrected chi connectivity index (χ1v) is 8.43. The first-order valence-electron chi connectivity index (χ1n) is 8.43. The lowest BCUT2D eigenvalue weighted by atomic mass is 9.83. The van der Waals surface area contributed by atoms with Crippen molar-refractivity contribution in [2.24, 2.45) is 17.6 Å². The van der Waals surface area contributed by atoms with Crippen molar-refractivity contribution in [1.82, 2.24) is 0 Å². The van der Waals surface area contributed by atoms with Gasteiger partial charge in [-0.05, 0) is 36.6 Å². The molecule has 1 atom stereocenters. The molecular formula is C18H28N2O2. The van der Waals surface area contributed by atoms with Gasteiger partial charge in [-0.15, -0.1) is 0 Å². The maximum absolute atomic E-state index is 12.3. The topological polar surface area (TPSA) is 64.3 Å². The number of anilines is 1. The standard InChI is InChI=1S/C18H28N2O2/c1-14(13-15-5-3-2-4-6-15)18(21)20-16-7-9-17(10-8-16)22-12-11-19/h7-10,14-15H,2-6,11-13,19H2,1H3,(H,20,21). The molecule has 0 heterocycles. The second kappa shape index (κ2) is 8.79. The van der Waals surface area contributed by atoms with Crippen LogP contribution in [-0.2, 0) is 4.79 Å². The van der Waals surface area contributed by atoms with E-state index >= 15 is 0 Å². The Balaban J connectivity index is 1.79. The smallest absolute Gasteiger partial charge is 0.227 e. The van der Waals surface area contributed by atoms with Crippen LogP contribution in [-0.4, -0.2) is 19.1 Å². The van der Waals surface area contributed by atoms with E-state index in [0.717, 1.165) is 23.8 Å². The normalized spacial score (nSPS) is 17.0. The average Bonchev–Trinajstić information content (AvgIpc) is 2.55. The summed E-state index contributed by atoms with van der Waals surface area (Å²) in [5, 5.41) is 3.00. The average molecular weight is 304 g/mol. The van der Waals surface area contributed by atoms with Gasteiger partial charge in [0, 0.05) is 18.2 Å². The minimum atomic E-state index is 0.0660. The zero-order valence-electron chi connectivity index (χ0n) is 13.5. The first kappa shape index (κ1) is 16.8. The molecule has 1 aromatic rings. The van der Waals surface area contributed by atoms with Crippen LogP contribution in [0.4, 0.5) is 5.69 Å². The lowest BCUT2D eigenvalue weighted by Gasteiger charge is -2.24. The third kappa shape index (κ3) is 5.34. The highest BCUT2D eigenvalue weighted by molar-refractivity contribution is 5.92. The molecule has 22 heavy (non-hydrogen) atoms. The van der Waals surface area contributed by atoms with Gasteiger partial charge < -0.3 is 15.8 Å². The van der Waals surface area contributed by atoms with E-state index in [4.69, 9.17) is 10.5 Å². The molecular weight excluding hydrogens is 276 g/mol. The van der Waals surface area contributed by atoms with Gasteiger partial charge >= 0.3 is 0 Å². The Bertz CT molecular complexity index is 453. The largest absolute Gasteiger partial charge is 0.492 e. The van der Waals surface area contributed by atoms with E-state index in [1.165, 1.54) is 32.1 Å². The van der Waals surface area contributed by atoms with E-state index in [-0.39, 0.29) is 11.8 Å². The Morgan fingerprint density at radius 3 is 2.59 bits per heavy atom. The molecule has 0 aromatic heterocycles. The SMILES string of the molecule is CC(CC1CCCCC1)C(=O)Nc1ccc(OCCN)cc1. The number of carbonyl (C=O) groups is 1. The summed E-state index contributed by atoms with van der Waals surface area (Å²) < 4.78 is 5.43. The van der Waals surface area contributed by atoms with Crippen molar-refractivity contribution in [3.8, 4) is 5.75 Å². The summed E-state index contributed by atoms with van der Waals surface area (Å²) in [6.07, 6.45) is 7.57. The Morgan fingerprint density at radius 1 is 1.27 bits per heavy atom. The molecule has 3 N–H and O–H groups in total. The number of rotatable bonds is 7. The number of hydrogen-bond donors (Lipinski definition) is 2. The van der Waals surface area contributed by atoms with Crippen LogP contribution in [0.15, 0.2) is 24.3 Å². The summed E-state index contributed by atoms with van der Waals surface area (Å²) in [5.41, 5.74) is 6.22. The fourth-order valence-corrected chi connectivity index (χ4v) is 3.11. The van der Waals surface area contributed by atoms with Crippen molar-refractivity contribution in [1.29, 1.82) is 0 Å². The minimum absolute atomic E-state index is 0.0660. The molecule has 2 rings (SSSR count). The van der Waals surface area contributed by atoms with Crippen LogP contribution < -0.4 is 15.8 Å². The number of carbonyl (C=O) groups excluding carboxylic acids is 1. The van der Waals surface area contributed by atoms with Crippen molar-refractivity contribution < 1.29 is 9.53 Å². The van der Waals surface area contributed by atoms with E-state index in [0.29, 0.717) is 13.2 Å². The van der Waals surface area contributed by atoms with E-state index < -0.39 is 0 Å². The molecule has 1 saturated carbocycles. The van der Waals surface area contributed by atoms with Crippen molar-refractivity contribution >= 4 is 11.6 Å². The van der Waals surface area contributed by atoms with Crippen molar-refractivity contribution in [3.05, 3.63) is 24.3 Å². The van der Waals surface area contributed by atoms with Crippen LogP contribution >= 0.6 is 0 Å². The monoisotopic (exact) mass is 304 g/mol. The maximum Gasteiger partial charge on any atom is 0.227 e. The van der Waals surface area contributed by atoms with Gasteiger partial charge in [0.2, 0.25) is 5.91 Å². The van der Waals surface area contributed by atoms with E-state index in [2.05, 4.69) is 5.32 Å². The Kier molecular flexibility index (Phi) is 6.72. The molecule has 0 bridgehead atoms. The van der Waals surface area contributed by atoms with Crippen molar-refractivity contribution in [3.63, 3.8) is 0 Å². The third-order valence-electron chi connectivity index (χ3n) is 4.37. The zero-order chi connectivity index (χ0) is 15.8. The number of benzene rings is 1.